The van der Waals surface area contributed by atoms with Crippen molar-refractivity contribution in [1.82, 2.24) is 5.32 Å². The molecule has 2 N–H and O–H groups in total. The Balaban J connectivity index is 1.81. The quantitative estimate of drug-likeness (QED) is 0.844. The average molecular weight is 304 g/mol. The second kappa shape index (κ2) is 8.18. The molecule has 2 atom stereocenters. The molecule has 1 aliphatic heterocycles. The van der Waals surface area contributed by atoms with Gasteiger partial charge in [0.15, 0.2) is 0 Å². The van der Waals surface area contributed by atoms with Crippen LogP contribution in [0.1, 0.15) is 46.5 Å². The topological polar surface area (TPSA) is 50.4 Å². The molecule has 0 spiro atoms. The lowest BCUT2D eigenvalue weighted by atomic mass is 9.99. The molecule has 1 aliphatic rings. The first kappa shape index (κ1) is 16.8. The molecule has 0 aliphatic carbocycles. The summed E-state index contributed by atoms with van der Waals surface area (Å²) in [5, 5.41) is 6.33. The monoisotopic (exact) mass is 304 g/mol. The van der Waals surface area contributed by atoms with Crippen LogP contribution in [0.5, 0.6) is 5.75 Å². The molecule has 2 rings (SSSR count). The van der Waals surface area contributed by atoms with Crippen LogP contribution in [-0.4, -0.2) is 24.6 Å². The molecule has 0 bridgehead atoms. The zero-order valence-corrected chi connectivity index (χ0v) is 13.9. The first-order valence-corrected chi connectivity index (χ1v) is 8.34. The van der Waals surface area contributed by atoms with Crippen LogP contribution in [0.2, 0.25) is 0 Å². The van der Waals surface area contributed by atoms with Crippen molar-refractivity contribution in [1.29, 1.82) is 0 Å². The van der Waals surface area contributed by atoms with Crippen LogP contribution in [0, 0.1) is 5.92 Å². The van der Waals surface area contributed by atoms with Crippen molar-refractivity contribution in [2.24, 2.45) is 5.92 Å². The summed E-state index contributed by atoms with van der Waals surface area (Å²) in [5.74, 6) is 1.55. The molecule has 1 aromatic rings. The Kier molecular flexibility index (Phi) is 6.25. The lowest BCUT2D eigenvalue weighted by Gasteiger charge is -2.27. The lowest BCUT2D eigenvalue weighted by molar-refractivity contribution is -0.118. The summed E-state index contributed by atoms with van der Waals surface area (Å²) in [4.78, 5) is 12.2. The minimum absolute atomic E-state index is 0.0556. The van der Waals surface area contributed by atoms with E-state index in [1.807, 2.05) is 24.3 Å². The van der Waals surface area contributed by atoms with Crippen LogP contribution in [0.3, 0.4) is 0 Å². The Labute approximate surface area is 133 Å². The molecule has 22 heavy (non-hydrogen) atoms. The molecule has 0 aromatic heterocycles. The second-order valence-corrected chi connectivity index (χ2v) is 6.60. The highest BCUT2D eigenvalue weighted by Crippen LogP contribution is 2.18. The van der Waals surface area contributed by atoms with E-state index in [1.165, 1.54) is 0 Å². The highest BCUT2D eigenvalue weighted by molar-refractivity contribution is 5.94. The predicted molar refractivity (Wildman–Crippen MR) is 90.3 cm³/mol. The third-order valence-electron chi connectivity index (χ3n) is 4.02. The van der Waals surface area contributed by atoms with Crippen LogP contribution in [0.4, 0.5) is 5.69 Å². The minimum atomic E-state index is -0.0780. The largest absolute Gasteiger partial charge is 0.494 e. The third kappa shape index (κ3) is 5.34. The minimum Gasteiger partial charge on any atom is -0.494 e. The van der Waals surface area contributed by atoms with Gasteiger partial charge in [-0.15, -0.1) is 0 Å². The molecule has 2 unspecified atom stereocenters. The summed E-state index contributed by atoms with van der Waals surface area (Å²) >= 11 is 0. The number of hydrogen-bond donors (Lipinski definition) is 2. The molecular weight excluding hydrogens is 276 g/mol. The second-order valence-electron chi connectivity index (χ2n) is 6.60. The molecular formula is C18H28N2O2. The van der Waals surface area contributed by atoms with E-state index >= 15 is 0 Å². The molecule has 1 fully saturated rings. The van der Waals surface area contributed by atoms with Gasteiger partial charge in [-0.05, 0) is 62.8 Å². The van der Waals surface area contributed by atoms with Crippen LogP contribution in [-0.2, 0) is 4.79 Å². The molecule has 4 nitrogen and oxygen atoms in total. The standard InChI is InChI=1S/C18H28N2O2/c1-13(2)11-12-22-16-9-7-15(8-10-16)20-18(21)17-6-4-5-14(3)19-17/h7-10,13-14,17,19H,4-6,11-12H2,1-3H3,(H,20,21). The highest BCUT2D eigenvalue weighted by atomic mass is 16.5. The van der Waals surface area contributed by atoms with E-state index in [0.717, 1.165) is 43.7 Å². The zero-order valence-electron chi connectivity index (χ0n) is 13.9. The van der Waals surface area contributed by atoms with Crippen LogP contribution in [0.15, 0.2) is 24.3 Å². The van der Waals surface area contributed by atoms with Gasteiger partial charge in [-0.3, -0.25) is 4.79 Å². The van der Waals surface area contributed by atoms with E-state index in [-0.39, 0.29) is 11.9 Å². The lowest BCUT2D eigenvalue weighted by Crippen LogP contribution is -2.47. The number of hydrogen-bond acceptors (Lipinski definition) is 3. The van der Waals surface area contributed by atoms with Crippen molar-refractivity contribution in [3.63, 3.8) is 0 Å². The zero-order chi connectivity index (χ0) is 15.9. The SMILES string of the molecule is CC(C)CCOc1ccc(NC(=O)C2CCCC(C)N2)cc1. The maximum Gasteiger partial charge on any atom is 0.241 e. The van der Waals surface area contributed by atoms with E-state index in [0.29, 0.717) is 12.0 Å². The fourth-order valence-electron chi connectivity index (χ4n) is 2.62. The van der Waals surface area contributed by atoms with Gasteiger partial charge in [0.05, 0.1) is 12.6 Å². The van der Waals surface area contributed by atoms with E-state index < -0.39 is 0 Å². The van der Waals surface area contributed by atoms with E-state index in [9.17, 15) is 4.79 Å². The van der Waals surface area contributed by atoms with Crippen molar-refractivity contribution < 1.29 is 9.53 Å². The summed E-state index contributed by atoms with van der Waals surface area (Å²) in [7, 11) is 0. The Morgan fingerprint density at radius 2 is 2.05 bits per heavy atom. The van der Waals surface area contributed by atoms with E-state index in [1.54, 1.807) is 0 Å². The Morgan fingerprint density at radius 1 is 1.32 bits per heavy atom. The summed E-state index contributed by atoms with van der Waals surface area (Å²) in [6.45, 7) is 7.22. The summed E-state index contributed by atoms with van der Waals surface area (Å²) < 4.78 is 5.68. The first-order chi connectivity index (χ1) is 10.5. The summed E-state index contributed by atoms with van der Waals surface area (Å²) in [6.07, 6.45) is 4.21. The first-order valence-electron chi connectivity index (χ1n) is 8.34. The molecule has 4 heteroatoms. The number of piperidine rings is 1. The van der Waals surface area contributed by atoms with Gasteiger partial charge in [-0.2, -0.15) is 0 Å². The fourth-order valence-corrected chi connectivity index (χ4v) is 2.62. The van der Waals surface area contributed by atoms with Gasteiger partial charge in [-0.1, -0.05) is 13.8 Å². The van der Waals surface area contributed by atoms with Gasteiger partial charge < -0.3 is 15.4 Å². The van der Waals surface area contributed by atoms with Crippen molar-refractivity contribution >= 4 is 11.6 Å². The predicted octanol–water partition coefficient (Wildman–Crippen LogP) is 3.58. The number of anilines is 1. The van der Waals surface area contributed by atoms with Crippen LogP contribution < -0.4 is 15.4 Å². The Morgan fingerprint density at radius 3 is 2.68 bits per heavy atom. The Hall–Kier alpha value is -1.55. The smallest absolute Gasteiger partial charge is 0.241 e. The summed E-state index contributed by atoms with van der Waals surface area (Å²) in [5.41, 5.74) is 0.821. The maximum atomic E-state index is 12.2. The number of carbonyl (C=O) groups is 1. The van der Waals surface area contributed by atoms with Crippen molar-refractivity contribution in [2.45, 2.75) is 58.5 Å². The van der Waals surface area contributed by atoms with E-state index in [4.69, 9.17) is 4.74 Å². The molecule has 1 saturated heterocycles. The number of nitrogens with one attached hydrogen (secondary N) is 2. The normalized spacial score (nSPS) is 21.6. The van der Waals surface area contributed by atoms with Crippen molar-refractivity contribution in [2.75, 3.05) is 11.9 Å². The molecule has 1 amide bonds. The van der Waals surface area contributed by atoms with E-state index in [2.05, 4.69) is 31.4 Å². The number of amides is 1. The molecule has 1 aromatic carbocycles. The van der Waals surface area contributed by atoms with Gasteiger partial charge in [-0.25, -0.2) is 0 Å². The number of benzene rings is 1. The van der Waals surface area contributed by atoms with Gasteiger partial charge in [0, 0.05) is 11.7 Å². The van der Waals surface area contributed by atoms with Gasteiger partial charge in [0.2, 0.25) is 5.91 Å². The average Bonchev–Trinajstić information content (AvgIpc) is 2.48. The van der Waals surface area contributed by atoms with Crippen molar-refractivity contribution in [3.8, 4) is 5.75 Å². The van der Waals surface area contributed by atoms with Crippen LogP contribution in [0.25, 0.3) is 0 Å². The fraction of sp³-hybridized carbons (Fsp3) is 0.611. The number of rotatable bonds is 6. The third-order valence-corrected chi connectivity index (χ3v) is 4.02. The van der Waals surface area contributed by atoms with Crippen molar-refractivity contribution in [3.05, 3.63) is 24.3 Å². The summed E-state index contributed by atoms with van der Waals surface area (Å²) in [6, 6.07) is 7.95. The number of carbonyl (C=O) groups excluding carboxylic acids is 1. The van der Waals surface area contributed by atoms with Gasteiger partial charge >= 0.3 is 0 Å². The van der Waals surface area contributed by atoms with Gasteiger partial charge in [0.25, 0.3) is 0 Å². The molecule has 0 saturated carbocycles. The Bertz CT molecular complexity index is 470. The molecule has 0 radical (unpaired) electrons. The highest BCUT2D eigenvalue weighted by Gasteiger charge is 2.23. The number of ether oxygens (including phenoxy) is 1. The van der Waals surface area contributed by atoms with Gasteiger partial charge in [0.1, 0.15) is 5.75 Å². The van der Waals surface area contributed by atoms with Crippen LogP contribution >= 0.6 is 0 Å². The maximum absolute atomic E-state index is 12.2. The molecule has 122 valence electrons. The molecule has 1 heterocycles.